The van der Waals surface area contributed by atoms with Crippen LogP contribution in [0.1, 0.15) is 28.9 Å². The number of carbonyl (C=O) groups is 2. The van der Waals surface area contributed by atoms with Crippen LogP contribution >= 0.6 is 0 Å². The van der Waals surface area contributed by atoms with Crippen LogP contribution in [0.2, 0.25) is 0 Å². The van der Waals surface area contributed by atoms with Crippen LogP contribution in [-0.2, 0) is 9.53 Å². The summed E-state index contributed by atoms with van der Waals surface area (Å²) in [6.45, 7) is 0.559. The van der Waals surface area contributed by atoms with Gasteiger partial charge in [-0.25, -0.2) is 4.98 Å². The highest BCUT2D eigenvalue weighted by atomic mass is 16.5. The van der Waals surface area contributed by atoms with Gasteiger partial charge in [-0.1, -0.05) is 18.2 Å². The number of nitrogens with two attached hydrogens (primary N) is 1. The number of allylic oxidation sites excluding steroid dienone is 1. The minimum absolute atomic E-state index is 0.0783. The number of para-hydroxylation sites is 1. The number of aromatic nitrogens is 1. The van der Waals surface area contributed by atoms with Gasteiger partial charge in [-0.3, -0.25) is 14.6 Å². The van der Waals surface area contributed by atoms with E-state index in [0.717, 1.165) is 5.69 Å². The standard InChI is InChI=1S/C22H24N4O5/c23-11-16(13-24-17-4-2-1-3-5-17)15-10-18(27)19(25-12-15)20(28)26-14-22(21(29)30)6-8-31-9-7-22/h1-5,10-13,27H,6-9,14,23H2,(H,26,28)(H,29,30)/b16-11+,24-13?. The Morgan fingerprint density at radius 2 is 1.97 bits per heavy atom. The first-order chi connectivity index (χ1) is 14.9. The van der Waals surface area contributed by atoms with Crippen molar-refractivity contribution in [2.24, 2.45) is 16.1 Å². The number of benzene rings is 1. The van der Waals surface area contributed by atoms with Crippen LogP contribution in [0, 0.1) is 5.41 Å². The fraction of sp³-hybridized carbons (Fsp3) is 0.273. The Morgan fingerprint density at radius 1 is 1.26 bits per heavy atom. The Kier molecular flexibility index (Phi) is 6.99. The van der Waals surface area contributed by atoms with Crippen LogP contribution in [0.4, 0.5) is 5.69 Å². The molecule has 5 N–H and O–H groups in total. The summed E-state index contributed by atoms with van der Waals surface area (Å²) < 4.78 is 5.23. The van der Waals surface area contributed by atoms with Crippen molar-refractivity contribution in [2.75, 3.05) is 19.8 Å². The van der Waals surface area contributed by atoms with Crippen LogP contribution in [0.3, 0.4) is 0 Å². The molecule has 31 heavy (non-hydrogen) atoms. The van der Waals surface area contributed by atoms with E-state index in [4.69, 9.17) is 10.5 Å². The maximum atomic E-state index is 12.5. The quantitative estimate of drug-likeness (QED) is 0.498. The maximum Gasteiger partial charge on any atom is 0.311 e. The number of aliphatic carboxylic acids is 1. The third-order valence-electron chi connectivity index (χ3n) is 5.20. The SMILES string of the molecule is N/C=C(\C=Nc1ccccc1)c1cnc(C(=O)NCC2(C(=O)O)CCOCC2)c(O)c1. The molecular formula is C22H24N4O5. The van der Waals surface area contributed by atoms with Gasteiger partial charge in [0.15, 0.2) is 5.69 Å². The molecule has 0 unspecified atom stereocenters. The van der Waals surface area contributed by atoms with Gasteiger partial charge in [-0.15, -0.1) is 0 Å². The lowest BCUT2D eigenvalue weighted by molar-refractivity contribution is -0.154. The number of aromatic hydroxyl groups is 1. The molecule has 2 heterocycles. The molecule has 2 aromatic rings. The minimum atomic E-state index is -1.09. The molecule has 0 saturated carbocycles. The molecule has 0 spiro atoms. The lowest BCUT2D eigenvalue weighted by atomic mass is 9.80. The lowest BCUT2D eigenvalue weighted by Gasteiger charge is -2.33. The van der Waals surface area contributed by atoms with E-state index >= 15 is 0 Å². The van der Waals surface area contributed by atoms with Crippen LogP contribution in [0.5, 0.6) is 5.75 Å². The van der Waals surface area contributed by atoms with Crippen molar-refractivity contribution >= 4 is 29.4 Å². The molecule has 1 aliphatic heterocycles. The van der Waals surface area contributed by atoms with E-state index in [-0.39, 0.29) is 18.0 Å². The Morgan fingerprint density at radius 3 is 2.58 bits per heavy atom. The van der Waals surface area contributed by atoms with Crippen LogP contribution in [0.25, 0.3) is 5.57 Å². The zero-order valence-electron chi connectivity index (χ0n) is 16.8. The average Bonchev–Trinajstić information content (AvgIpc) is 2.79. The second-order valence-corrected chi connectivity index (χ2v) is 7.19. The van der Waals surface area contributed by atoms with Crippen molar-refractivity contribution in [3.8, 4) is 5.75 Å². The van der Waals surface area contributed by atoms with Crippen molar-refractivity contribution in [3.05, 3.63) is 60.1 Å². The second-order valence-electron chi connectivity index (χ2n) is 7.19. The number of hydrogen-bond donors (Lipinski definition) is 4. The molecule has 1 aromatic carbocycles. The van der Waals surface area contributed by atoms with Crippen LogP contribution in [-0.4, -0.2) is 53.0 Å². The Bertz CT molecular complexity index is 998. The Hall–Kier alpha value is -3.72. The molecule has 162 valence electrons. The summed E-state index contributed by atoms with van der Waals surface area (Å²) in [5, 5.41) is 22.5. The number of pyridine rings is 1. The van der Waals surface area contributed by atoms with Gasteiger partial charge in [0.05, 0.1) is 11.1 Å². The number of carbonyl (C=O) groups excluding carboxylic acids is 1. The smallest absolute Gasteiger partial charge is 0.311 e. The fourth-order valence-electron chi connectivity index (χ4n) is 3.22. The van der Waals surface area contributed by atoms with Crippen molar-refractivity contribution < 1.29 is 24.5 Å². The zero-order valence-corrected chi connectivity index (χ0v) is 16.8. The van der Waals surface area contributed by atoms with E-state index in [1.54, 1.807) is 0 Å². The first-order valence-electron chi connectivity index (χ1n) is 9.75. The predicted molar refractivity (Wildman–Crippen MR) is 115 cm³/mol. The highest BCUT2D eigenvalue weighted by molar-refractivity contribution is 6.10. The molecule has 1 aromatic heterocycles. The summed E-state index contributed by atoms with van der Waals surface area (Å²) in [5.74, 6) is -2.00. The number of carboxylic acid groups (broad SMARTS) is 1. The van der Waals surface area contributed by atoms with Gasteiger partial charge in [0.1, 0.15) is 5.75 Å². The largest absolute Gasteiger partial charge is 0.505 e. The average molecular weight is 424 g/mol. The molecule has 1 amide bonds. The fourth-order valence-corrected chi connectivity index (χ4v) is 3.22. The number of rotatable bonds is 7. The summed E-state index contributed by atoms with van der Waals surface area (Å²) in [6.07, 6.45) is 4.85. The van der Waals surface area contributed by atoms with Crippen molar-refractivity contribution in [2.45, 2.75) is 12.8 Å². The molecule has 1 fully saturated rings. The van der Waals surface area contributed by atoms with E-state index in [1.807, 2.05) is 30.3 Å². The molecule has 0 atom stereocenters. The summed E-state index contributed by atoms with van der Waals surface area (Å²) in [5.41, 5.74) is 6.10. The number of carboxylic acids is 1. The van der Waals surface area contributed by atoms with Gasteiger partial charge in [-0.2, -0.15) is 0 Å². The molecule has 0 radical (unpaired) electrons. The molecule has 1 aliphatic rings. The number of amides is 1. The Labute approximate surface area is 179 Å². The monoisotopic (exact) mass is 424 g/mol. The first-order valence-corrected chi connectivity index (χ1v) is 9.75. The van der Waals surface area contributed by atoms with Crippen molar-refractivity contribution in [3.63, 3.8) is 0 Å². The number of nitrogens with zero attached hydrogens (tertiary/aromatic N) is 2. The molecule has 9 heteroatoms. The summed E-state index contributed by atoms with van der Waals surface area (Å²) in [4.78, 5) is 32.6. The minimum Gasteiger partial charge on any atom is -0.505 e. The van der Waals surface area contributed by atoms with Crippen LogP contribution < -0.4 is 11.1 Å². The summed E-state index contributed by atoms with van der Waals surface area (Å²) in [7, 11) is 0. The van der Waals surface area contributed by atoms with E-state index in [2.05, 4.69) is 15.3 Å². The van der Waals surface area contributed by atoms with E-state index in [0.29, 0.717) is 37.2 Å². The predicted octanol–water partition coefficient (Wildman–Crippen LogP) is 2.10. The number of ether oxygens (including phenoxy) is 1. The topological polar surface area (TPSA) is 147 Å². The number of aliphatic imine (C=N–C) groups is 1. The van der Waals surface area contributed by atoms with E-state index in [1.165, 1.54) is 24.7 Å². The van der Waals surface area contributed by atoms with Gasteiger partial charge in [-0.05, 0) is 31.0 Å². The lowest BCUT2D eigenvalue weighted by Crippen LogP contribution is -2.46. The second kappa shape index (κ2) is 9.86. The molecule has 3 rings (SSSR count). The van der Waals surface area contributed by atoms with Crippen LogP contribution in [0.15, 0.2) is 53.8 Å². The van der Waals surface area contributed by atoms with Gasteiger partial charge < -0.3 is 26.0 Å². The van der Waals surface area contributed by atoms with Crippen molar-refractivity contribution in [1.82, 2.24) is 10.3 Å². The van der Waals surface area contributed by atoms with E-state index in [9.17, 15) is 19.8 Å². The Balaban J connectivity index is 1.71. The van der Waals surface area contributed by atoms with E-state index < -0.39 is 17.3 Å². The molecule has 0 aliphatic carbocycles. The summed E-state index contributed by atoms with van der Waals surface area (Å²) in [6, 6.07) is 10.6. The maximum absolute atomic E-state index is 12.5. The first kappa shape index (κ1) is 22.0. The summed E-state index contributed by atoms with van der Waals surface area (Å²) >= 11 is 0. The molecule has 0 bridgehead atoms. The van der Waals surface area contributed by atoms with Gasteiger partial charge in [0.25, 0.3) is 5.91 Å². The number of nitrogens with one attached hydrogen (secondary N) is 1. The number of hydrogen-bond acceptors (Lipinski definition) is 7. The third-order valence-corrected chi connectivity index (χ3v) is 5.20. The van der Waals surface area contributed by atoms with Gasteiger partial charge in [0.2, 0.25) is 0 Å². The molecule has 1 saturated heterocycles. The van der Waals surface area contributed by atoms with Gasteiger partial charge in [0, 0.05) is 49.5 Å². The highest BCUT2D eigenvalue weighted by Gasteiger charge is 2.40. The normalized spacial score (nSPS) is 16.2. The zero-order chi connectivity index (χ0) is 22.3. The third kappa shape index (κ3) is 5.26. The van der Waals surface area contributed by atoms with Crippen molar-refractivity contribution in [1.29, 1.82) is 0 Å². The molecular weight excluding hydrogens is 400 g/mol. The van der Waals surface area contributed by atoms with Gasteiger partial charge >= 0.3 is 5.97 Å². The molecule has 9 nitrogen and oxygen atoms in total. The highest BCUT2D eigenvalue weighted by Crippen LogP contribution is 2.30.